The van der Waals surface area contributed by atoms with E-state index in [0.29, 0.717) is 6.04 Å². The zero-order valence-electron chi connectivity index (χ0n) is 12.7. The third-order valence-corrected chi connectivity index (χ3v) is 4.02. The Hall–Kier alpha value is -1.09. The number of hydrogen-bond donors (Lipinski definition) is 1. The summed E-state index contributed by atoms with van der Waals surface area (Å²) in [5.74, 6) is 1.11. The lowest BCUT2D eigenvalue weighted by Gasteiger charge is -2.28. The number of aromatic nitrogens is 1. The number of hydrogen-bond acceptors (Lipinski definition) is 3. The molecule has 1 aliphatic carbocycles. The largest absolute Gasteiger partial charge is 0.357 e. The van der Waals surface area contributed by atoms with Gasteiger partial charge in [-0.25, -0.2) is 4.98 Å². The normalized spacial score (nSPS) is 15.0. The van der Waals surface area contributed by atoms with E-state index in [1.165, 1.54) is 18.4 Å². The molecule has 3 nitrogen and oxygen atoms in total. The van der Waals surface area contributed by atoms with Crippen molar-refractivity contribution < 1.29 is 0 Å². The number of nitrogens with one attached hydrogen (secondary N) is 1. The van der Waals surface area contributed by atoms with Crippen LogP contribution in [0.3, 0.4) is 0 Å². The van der Waals surface area contributed by atoms with Gasteiger partial charge in [-0.3, -0.25) is 0 Å². The van der Waals surface area contributed by atoms with E-state index < -0.39 is 0 Å². The van der Waals surface area contributed by atoms with Gasteiger partial charge in [-0.1, -0.05) is 13.8 Å². The minimum atomic E-state index is 0.582. The second-order valence-corrected chi connectivity index (χ2v) is 5.71. The van der Waals surface area contributed by atoms with Gasteiger partial charge >= 0.3 is 0 Å². The predicted octanol–water partition coefficient (Wildman–Crippen LogP) is 3.27. The molecule has 0 atom stereocenters. The Balaban J connectivity index is 2.09. The molecule has 1 aromatic rings. The van der Waals surface area contributed by atoms with E-state index in [1.807, 2.05) is 0 Å². The number of rotatable bonds is 7. The van der Waals surface area contributed by atoms with Crippen LogP contribution in [0.4, 0.5) is 5.82 Å². The molecular weight excluding hydrogens is 234 g/mol. The van der Waals surface area contributed by atoms with E-state index in [4.69, 9.17) is 4.98 Å². The van der Waals surface area contributed by atoms with Gasteiger partial charge < -0.3 is 10.2 Å². The monoisotopic (exact) mass is 261 g/mol. The average molecular weight is 261 g/mol. The fourth-order valence-corrected chi connectivity index (χ4v) is 2.58. The van der Waals surface area contributed by atoms with Crippen molar-refractivity contribution in [2.45, 2.75) is 65.1 Å². The van der Waals surface area contributed by atoms with Gasteiger partial charge in [-0.15, -0.1) is 0 Å². The van der Waals surface area contributed by atoms with Gasteiger partial charge in [0.15, 0.2) is 0 Å². The van der Waals surface area contributed by atoms with Crippen LogP contribution in [0.25, 0.3) is 0 Å². The van der Waals surface area contributed by atoms with Crippen LogP contribution < -0.4 is 10.2 Å². The minimum absolute atomic E-state index is 0.582. The molecule has 3 heteroatoms. The summed E-state index contributed by atoms with van der Waals surface area (Å²) in [5.41, 5.74) is 2.47. The van der Waals surface area contributed by atoms with Crippen molar-refractivity contribution in [1.29, 1.82) is 0 Å². The fraction of sp³-hybridized carbons (Fsp3) is 0.688. The van der Waals surface area contributed by atoms with Crippen LogP contribution in [0.5, 0.6) is 0 Å². The summed E-state index contributed by atoms with van der Waals surface area (Å²) < 4.78 is 0. The third kappa shape index (κ3) is 3.93. The van der Waals surface area contributed by atoms with Crippen molar-refractivity contribution in [2.24, 2.45) is 0 Å². The van der Waals surface area contributed by atoms with Crippen LogP contribution in [0.15, 0.2) is 12.1 Å². The molecule has 0 radical (unpaired) electrons. The maximum absolute atomic E-state index is 4.69. The molecule has 0 amide bonds. The van der Waals surface area contributed by atoms with E-state index in [2.05, 4.69) is 50.2 Å². The molecule has 1 aromatic heterocycles. The molecular formula is C16H27N3. The van der Waals surface area contributed by atoms with Crippen LogP contribution in [-0.2, 0) is 6.54 Å². The first kappa shape index (κ1) is 14.3. The van der Waals surface area contributed by atoms with Gasteiger partial charge in [-0.05, 0) is 50.3 Å². The second-order valence-electron chi connectivity index (χ2n) is 5.71. The summed E-state index contributed by atoms with van der Waals surface area (Å²) in [7, 11) is 2.16. The molecule has 0 unspecified atom stereocenters. The number of nitrogens with zero attached hydrogens (tertiary/aromatic N) is 2. The van der Waals surface area contributed by atoms with Crippen molar-refractivity contribution in [1.82, 2.24) is 10.3 Å². The van der Waals surface area contributed by atoms with E-state index in [1.54, 1.807) is 0 Å². The summed E-state index contributed by atoms with van der Waals surface area (Å²) >= 11 is 0. The highest BCUT2D eigenvalue weighted by molar-refractivity contribution is 5.43. The molecule has 0 bridgehead atoms. The summed E-state index contributed by atoms with van der Waals surface area (Å²) in [6.07, 6.45) is 5.01. The van der Waals surface area contributed by atoms with Gasteiger partial charge in [0.25, 0.3) is 0 Å². The van der Waals surface area contributed by atoms with Gasteiger partial charge in [0.2, 0.25) is 0 Å². The molecule has 0 spiro atoms. The van der Waals surface area contributed by atoms with Crippen LogP contribution in [-0.4, -0.2) is 24.1 Å². The second kappa shape index (κ2) is 6.38. The molecule has 0 saturated heterocycles. The van der Waals surface area contributed by atoms with E-state index >= 15 is 0 Å². The lowest BCUT2D eigenvalue weighted by atomic mass is 10.1. The Morgan fingerprint density at radius 3 is 2.58 bits per heavy atom. The fourth-order valence-electron chi connectivity index (χ4n) is 2.58. The van der Waals surface area contributed by atoms with E-state index in [0.717, 1.165) is 36.9 Å². The van der Waals surface area contributed by atoms with Gasteiger partial charge in [-0.2, -0.15) is 0 Å². The maximum Gasteiger partial charge on any atom is 0.129 e. The highest BCUT2D eigenvalue weighted by Gasteiger charge is 2.20. The number of aryl methyl sites for hydroxylation is 1. The van der Waals surface area contributed by atoms with Crippen LogP contribution in [0.1, 0.15) is 50.8 Å². The average Bonchev–Trinajstić information content (AvgIpc) is 3.21. The van der Waals surface area contributed by atoms with Crippen LogP contribution in [0, 0.1) is 6.92 Å². The van der Waals surface area contributed by atoms with E-state index in [9.17, 15) is 0 Å². The first-order valence-corrected chi connectivity index (χ1v) is 7.57. The van der Waals surface area contributed by atoms with Crippen molar-refractivity contribution >= 4 is 5.82 Å². The summed E-state index contributed by atoms with van der Waals surface area (Å²) in [6.45, 7) is 7.55. The highest BCUT2D eigenvalue weighted by atomic mass is 15.2. The van der Waals surface area contributed by atoms with Crippen molar-refractivity contribution in [2.75, 3.05) is 11.9 Å². The molecule has 1 N–H and O–H groups in total. The smallest absolute Gasteiger partial charge is 0.129 e. The van der Waals surface area contributed by atoms with Crippen molar-refractivity contribution in [3.05, 3.63) is 23.4 Å². The molecule has 1 saturated carbocycles. The summed E-state index contributed by atoms with van der Waals surface area (Å²) in [4.78, 5) is 7.02. The quantitative estimate of drug-likeness (QED) is 0.816. The third-order valence-electron chi connectivity index (χ3n) is 4.02. The molecule has 0 aromatic carbocycles. The van der Waals surface area contributed by atoms with Crippen molar-refractivity contribution in [3.63, 3.8) is 0 Å². The topological polar surface area (TPSA) is 28.2 Å². The van der Waals surface area contributed by atoms with Gasteiger partial charge in [0.05, 0.1) is 0 Å². The van der Waals surface area contributed by atoms with Crippen LogP contribution in [0.2, 0.25) is 0 Å². The minimum Gasteiger partial charge on any atom is -0.357 e. The first-order valence-electron chi connectivity index (χ1n) is 7.57. The number of pyridine rings is 1. The Labute approximate surface area is 117 Å². The number of anilines is 1. The highest BCUT2D eigenvalue weighted by Crippen LogP contribution is 2.21. The molecule has 1 aliphatic rings. The van der Waals surface area contributed by atoms with Crippen molar-refractivity contribution in [3.8, 4) is 0 Å². The zero-order valence-corrected chi connectivity index (χ0v) is 12.7. The Bertz CT molecular complexity index is 408. The molecule has 1 fully saturated rings. The molecule has 0 aliphatic heterocycles. The summed E-state index contributed by atoms with van der Waals surface area (Å²) in [5, 5.41) is 3.58. The zero-order chi connectivity index (χ0) is 13.8. The standard InChI is InChI=1S/C16H27N3/c1-5-15(6-2)19(4)16-10-13(9-12(3)18-16)11-17-14-7-8-14/h9-10,14-15,17H,5-8,11H2,1-4H3. The molecule has 2 rings (SSSR count). The molecule has 19 heavy (non-hydrogen) atoms. The molecule has 106 valence electrons. The molecule has 1 heterocycles. The maximum atomic E-state index is 4.69. The van der Waals surface area contributed by atoms with E-state index in [-0.39, 0.29) is 0 Å². The Kier molecular flexibility index (Phi) is 4.81. The predicted molar refractivity (Wildman–Crippen MR) is 81.6 cm³/mol. The first-order chi connectivity index (χ1) is 9.13. The Morgan fingerprint density at radius 2 is 2.00 bits per heavy atom. The lowest BCUT2D eigenvalue weighted by Crippen LogP contribution is -2.31. The Morgan fingerprint density at radius 1 is 1.32 bits per heavy atom. The SMILES string of the molecule is CCC(CC)N(C)c1cc(CNC2CC2)cc(C)n1. The lowest BCUT2D eigenvalue weighted by molar-refractivity contribution is 0.585. The summed E-state index contributed by atoms with van der Waals surface area (Å²) in [6, 6.07) is 5.77. The van der Waals surface area contributed by atoms with Crippen LogP contribution >= 0.6 is 0 Å². The van der Waals surface area contributed by atoms with Gasteiger partial charge in [0, 0.05) is 31.4 Å². The van der Waals surface area contributed by atoms with Gasteiger partial charge in [0.1, 0.15) is 5.82 Å².